The van der Waals surface area contributed by atoms with E-state index in [0.29, 0.717) is 37.2 Å². The van der Waals surface area contributed by atoms with E-state index >= 15 is 0 Å². The van der Waals surface area contributed by atoms with Gasteiger partial charge >= 0.3 is 0 Å². The largest absolute Gasteiger partial charge is 0.493 e. The van der Waals surface area contributed by atoms with Crippen LogP contribution in [0.2, 0.25) is 0 Å². The Bertz CT molecular complexity index is 1210. The summed E-state index contributed by atoms with van der Waals surface area (Å²) in [5.41, 5.74) is 2.94. The molecule has 0 spiro atoms. The van der Waals surface area contributed by atoms with Gasteiger partial charge in [0.1, 0.15) is 6.61 Å². The van der Waals surface area contributed by atoms with Crippen LogP contribution in [0.25, 0.3) is 5.65 Å². The van der Waals surface area contributed by atoms with Gasteiger partial charge in [-0.05, 0) is 42.3 Å². The van der Waals surface area contributed by atoms with Crippen molar-refractivity contribution in [1.82, 2.24) is 25.2 Å². The van der Waals surface area contributed by atoms with Crippen molar-refractivity contribution in [2.24, 2.45) is 4.99 Å². The Morgan fingerprint density at radius 2 is 1.79 bits per heavy atom. The third-order valence-corrected chi connectivity index (χ3v) is 5.03. The molecular formula is C25H28N6O2. The van der Waals surface area contributed by atoms with Crippen molar-refractivity contribution in [1.29, 1.82) is 0 Å². The first-order valence-electron chi connectivity index (χ1n) is 10.9. The van der Waals surface area contributed by atoms with E-state index in [-0.39, 0.29) is 0 Å². The summed E-state index contributed by atoms with van der Waals surface area (Å²) >= 11 is 0. The Balaban J connectivity index is 1.40. The maximum absolute atomic E-state index is 5.95. The smallest absolute Gasteiger partial charge is 0.191 e. The summed E-state index contributed by atoms with van der Waals surface area (Å²) < 4.78 is 13.4. The molecule has 0 saturated heterocycles. The van der Waals surface area contributed by atoms with Gasteiger partial charge in [0.2, 0.25) is 0 Å². The van der Waals surface area contributed by atoms with Crippen LogP contribution < -0.4 is 20.1 Å². The molecule has 2 aromatic carbocycles. The van der Waals surface area contributed by atoms with Gasteiger partial charge in [0, 0.05) is 12.7 Å². The number of aromatic nitrogens is 3. The van der Waals surface area contributed by atoms with Gasteiger partial charge < -0.3 is 20.1 Å². The van der Waals surface area contributed by atoms with Gasteiger partial charge in [0.15, 0.2) is 28.9 Å². The molecule has 0 amide bonds. The number of hydrogen-bond acceptors (Lipinski definition) is 5. The molecule has 8 nitrogen and oxygen atoms in total. The van der Waals surface area contributed by atoms with Crippen molar-refractivity contribution in [3.8, 4) is 11.5 Å². The summed E-state index contributed by atoms with van der Waals surface area (Å²) in [6.07, 6.45) is 1.95. The van der Waals surface area contributed by atoms with Crippen LogP contribution in [0.15, 0.2) is 77.9 Å². The summed E-state index contributed by atoms with van der Waals surface area (Å²) in [5, 5.41) is 15.0. The molecule has 0 aliphatic heterocycles. The molecule has 0 bridgehead atoms. The molecule has 0 saturated carbocycles. The lowest BCUT2D eigenvalue weighted by Crippen LogP contribution is -2.37. The Hall–Kier alpha value is -4.07. The summed E-state index contributed by atoms with van der Waals surface area (Å²) in [6.45, 7) is 4.27. The van der Waals surface area contributed by atoms with Gasteiger partial charge in [-0.15, -0.1) is 10.2 Å². The van der Waals surface area contributed by atoms with Gasteiger partial charge in [-0.1, -0.05) is 42.5 Å². The van der Waals surface area contributed by atoms with E-state index in [1.165, 1.54) is 0 Å². The molecule has 4 rings (SSSR count). The van der Waals surface area contributed by atoms with Gasteiger partial charge in [0.05, 0.1) is 20.2 Å². The zero-order valence-corrected chi connectivity index (χ0v) is 18.9. The van der Waals surface area contributed by atoms with Gasteiger partial charge in [0.25, 0.3) is 0 Å². The number of benzene rings is 2. The van der Waals surface area contributed by atoms with Gasteiger partial charge in [-0.2, -0.15) is 0 Å². The lowest BCUT2D eigenvalue weighted by Gasteiger charge is -2.13. The Morgan fingerprint density at radius 1 is 0.939 bits per heavy atom. The number of rotatable bonds is 9. The maximum atomic E-state index is 5.95. The highest BCUT2D eigenvalue weighted by atomic mass is 16.5. The van der Waals surface area contributed by atoms with Crippen molar-refractivity contribution in [3.05, 3.63) is 89.9 Å². The standard InChI is InChI=1S/C25H28N6O2/c1-3-26-25(28-17-24-30-29-23-11-7-8-14-31(23)24)27-16-20-12-13-21(22(15-20)32-2)33-18-19-9-5-4-6-10-19/h4-15H,3,16-18H2,1-2H3,(H2,26,27,28). The van der Waals surface area contributed by atoms with Gasteiger partial charge in [-0.3, -0.25) is 4.40 Å². The van der Waals surface area contributed by atoms with E-state index < -0.39 is 0 Å². The number of aliphatic imine (C=N–C) groups is 1. The predicted octanol–water partition coefficient (Wildman–Crippen LogP) is 3.57. The van der Waals surface area contributed by atoms with Crippen LogP contribution in [0, 0.1) is 0 Å². The van der Waals surface area contributed by atoms with Crippen LogP contribution in [0.4, 0.5) is 0 Å². The molecule has 8 heteroatoms. The zero-order chi connectivity index (χ0) is 22.9. The van der Waals surface area contributed by atoms with Crippen LogP contribution in [-0.4, -0.2) is 34.2 Å². The van der Waals surface area contributed by atoms with Crippen LogP contribution in [0.5, 0.6) is 11.5 Å². The quantitative estimate of drug-likeness (QED) is 0.303. The number of ether oxygens (including phenoxy) is 2. The third-order valence-electron chi connectivity index (χ3n) is 5.03. The Morgan fingerprint density at radius 3 is 2.61 bits per heavy atom. The van der Waals surface area contributed by atoms with Crippen molar-refractivity contribution in [2.45, 2.75) is 26.6 Å². The fourth-order valence-corrected chi connectivity index (χ4v) is 3.35. The molecular weight excluding hydrogens is 416 g/mol. The monoisotopic (exact) mass is 444 g/mol. The van der Waals surface area contributed by atoms with E-state index in [2.05, 4.69) is 20.8 Å². The van der Waals surface area contributed by atoms with Crippen molar-refractivity contribution in [3.63, 3.8) is 0 Å². The second-order valence-electron chi connectivity index (χ2n) is 7.35. The molecule has 2 heterocycles. The summed E-state index contributed by atoms with van der Waals surface area (Å²) in [5.74, 6) is 2.91. The fraction of sp³-hybridized carbons (Fsp3) is 0.240. The van der Waals surface area contributed by atoms with E-state index in [9.17, 15) is 0 Å². The second kappa shape index (κ2) is 11.0. The molecule has 4 aromatic rings. The highest BCUT2D eigenvalue weighted by Crippen LogP contribution is 2.29. The zero-order valence-electron chi connectivity index (χ0n) is 18.9. The average molecular weight is 445 g/mol. The number of fused-ring (bicyclic) bond motifs is 1. The minimum Gasteiger partial charge on any atom is -0.493 e. The number of guanidine groups is 1. The number of nitrogens with one attached hydrogen (secondary N) is 2. The van der Waals surface area contributed by atoms with Crippen LogP contribution in [0.1, 0.15) is 23.9 Å². The number of pyridine rings is 1. The lowest BCUT2D eigenvalue weighted by atomic mass is 10.2. The topological polar surface area (TPSA) is 85.1 Å². The SMILES string of the molecule is CCNC(=NCc1ccc(OCc2ccccc2)c(OC)c1)NCc1nnc2ccccn12. The lowest BCUT2D eigenvalue weighted by molar-refractivity contribution is 0.284. The molecule has 0 aliphatic carbocycles. The number of hydrogen-bond donors (Lipinski definition) is 2. The van der Waals surface area contributed by atoms with E-state index in [4.69, 9.17) is 14.5 Å². The van der Waals surface area contributed by atoms with Crippen molar-refractivity contribution >= 4 is 11.6 Å². The normalized spacial score (nSPS) is 11.4. The maximum Gasteiger partial charge on any atom is 0.191 e. The predicted molar refractivity (Wildman–Crippen MR) is 128 cm³/mol. The average Bonchev–Trinajstić information content (AvgIpc) is 3.28. The Labute approximate surface area is 193 Å². The van der Waals surface area contributed by atoms with Crippen LogP contribution in [0.3, 0.4) is 0 Å². The minimum atomic E-state index is 0.487. The molecule has 2 aromatic heterocycles. The van der Waals surface area contributed by atoms with Crippen molar-refractivity contribution < 1.29 is 9.47 Å². The molecule has 0 fully saturated rings. The molecule has 0 atom stereocenters. The first-order valence-corrected chi connectivity index (χ1v) is 10.9. The minimum absolute atomic E-state index is 0.487. The van der Waals surface area contributed by atoms with E-state index in [1.807, 2.05) is 84.3 Å². The summed E-state index contributed by atoms with van der Waals surface area (Å²) in [4.78, 5) is 4.70. The van der Waals surface area contributed by atoms with Crippen molar-refractivity contribution in [2.75, 3.05) is 13.7 Å². The molecule has 0 unspecified atom stereocenters. The highest BCUT2D eigenvalue weighted by molar-refractivity contribution is 5.79. The number of nitrogens with zero attached hydrogens (tertiary/aromatic N) is 4. The van der Waals surface area contributed by atoms with E-state index in [1.54, 1.807) is 7.11 Å². The number of methoxy groups -OCH3 is 1. The fourth-order valence-electron chi connectivity index (χ4n) is 3.35. The highest BCUT2D eigenvalue weighted by Gasteiger charge is 2.08. The molecule has 0 radical (unpaired) electrons. The molecule has 33 heavy (non-hydrogen) atoms. The Kier molecular flexibility index (Phi) is 7.37. The molecule has 2 N–H and O–H groups in total. The summed E-state index contributed by atoms with van der Waals surface area (Å²) in [6, 6.07) is 21.8. The van der Waals surface area contributed by atoms with Crippen LogP contribution in [-0.2, 0) is 19.7 Å². The third kappa shape index (κ3) is 5.79. The van der Waals surface area contributed by atoms with Gasteiger partial charge in [-0.25, -0.2) is 4.99 Å². The second-order valence-corrected chi connectivity index (χ2v) is 7.35. The van der Waals surface area contributed by atoms with Crippen LogP contribution >= 0.6 is 0 Å². The molecule has 0 aliphatic rings. The first-order chi connectivity index (χ1) is 16.3. The first kappa shape index (κ1) is 22.1. The van der Waals surface area contributed by atoms with E-state index in [0.717, 1.165) is 29.1 Å². The summed E-state index contributed by atoms with van der Waals surface area (Å²) in [7, 11) is 1.65. The molecule has 170 valence electrons.